The second-order valence-electron chi connectivity index (χ2n) is 29.5. The van der Waals surface area contributed by atoms with Crippen molar-refractivity contribution < 1.29 is 24.5 Å². The lowest BCUT2D eigenvalue weighted by Gasteiger charge is -2.22. The van der Waals surface area contributed by atoms with E-state index in [-0.39, 0.29) is 18.5 Å². The van der Waals surface area contributed by atoms with E-state index in [0.717, 1.165) is 51.4 Å². The van der Waals surface area contributed by atoms with Gasteiger partial charge in [-0.2, -0.15) is 0 Å². The van der Waals surface area contributed by atoms with Crippen molar-refractivity contribution in [3.63, 3.8) is 0 Å². The van der Waals surface area contributed by atoms with Crippen molar-refractivity contribution >= 4 is 11.9 Å². The highest BCUT2D eigenvalue weighted by Crippen LogP contribution is 2.21. The van der Waals surface area contributed by atoms with Gasteiger partial charge in [0.25, 0.3) is 0 Å². The normalized spacial score (nSPS) is 12.5. The van der Waals surface area contributed by atoms with Gasteiger partial charge in [-0.15, -0.1) is 0 Å². The number of allylic oxidation sites excluding steroid dienone is 4. The van der Waals surface area contributed by atoms with Gasteiger partial charge in [0.15, 0.2) is 0 Å². The first-order chi connectivity index (χ1) is 45.5. The van der Waals surface area contributed by atoms with Gasteiger partial charge in [0.2, 0.25) is 5.91 Å². The number of unbranched alkanes of at least 4 members (excludes halogenated alkanes) is 66. The number of hydrogen-bond donors (Lipinski definition) is 3. The van der Waals surface area contributed by atoms with E-state index < -0.39 is 12.1 Å². The van der Waals surface area contributed by atoms with Gasteiger partial charge in [-0.3, -0.25) is 9.59 Å². The van der Waals surface area contributed by atoms with E-state index in [4.69, 9.17) is 4.74 Å². The molecule has 0 saturated heterocycles. The maximum Gasteiger partial charge on any atom is 0.305 e. The molecule has 0 rings (SSSR count). The minimum atomic E-state index is -0.663. The number of aliphatic hydroxyl groups is 2. The molecule has 0 heterocycles. The van der Waals surface area contributed by atoms with E-state index in [9.17, 15) is 19.8 Å². The van der Waals surface area contributed by atoms with Crippen molar-refractivity contribution in [1.82, 2.24) is 5.32 Å². The number of amides is 1. The number of ether oxygens (including phenoxy) is 1. The lowest BCUT2D eigenvalue weighted by Crippen LogP contribution is -2.45. The second kappa shape index (κ2) is 81.8. The van der Waals surface area contributed by atoms with E-state index in [1.54, 1.807) is 0 Å². The first-order valence-electron chi connectivity index (χ1n) is 42.6. The van der Waals surface area contributed by atoms with Gasteiger partial charge in [0.1, 0.15) is 0 Å². The molecule has 546 valence electrons. The highest BCUT2D eigenvalue weighted by atomic mass is 16.5. The Hall–Kier alpha value is -1.66. The Kier molecular flexibility index (Phi) is 80.3. The van der Waals surface area contributed by atoms with Crippen molar-refractivity contribution in [1.29, 1.82) is 0 Å². The van der Waals surface area contributed by atoms with E-state index in [1.165, 1.54) is 405 Å². The number of aliphatic hydroxyl groups excluding tert-OH is 2. The molecule has 6 heteroatoms. The number of carbonyl (C=O) groups is 2. The molecule has 0 aromatic carbocycles. The van der Waals surface area contributed by atoms with Crippen molar-refractivity contribution in [2.45, 2.75) is 501 Å². The summed E-state index contributed by atoms with van der Waals surface area (Å²) >= 11 is 0. The predicted molar refractivity (Wildman–Crippen MR) is 407 cm³/mol. The topological polar surface area (TPSA) is 95.9 Å². The van der Waals surface area contributed by atoms with Crippen LogP contribution < -0.4 is 5.32 Å². The first kappa shape index (κ1) is 90.3. The molecule has 3 N–H and O–H groups in total. The molecular weight excluding hydrogens is 1130 g/mol. The fourth-order valence-corrected chi connectivity index (χ4v) is 13.8. The molecule has 0 aliphatic heterocycles. The molecule has 6 nitrogen and oxygen atoms in total. The zero-order chi connectivity index (χ0) is 66.3. The Balaban J connectivity index is 3.33. The van der Waals surface area contributed by atoms with Crippen LogP contribution in [0.4, 0.5) is 0 Å². The first-order valence-corrected chi connectivity index (χ1v) is 42.6. The van der Waals surface area contributed by atoms with Crippen LogP contribution in [0.5, 0.6) is 0 Å². The Labute approximate surface area is 577 Å². The highest BCUT2D eigenvalue weighted by molar-refractivity contribution is 5.76. The Bertz CT molecular complexity index is 1450. The standard InChI is InChI=1S/C86H167NO5/c1-3-5-7-9-11-13-15-17-19-21-23-24-25-34-37-40-43-46-50-54-58-62-66-70-74-78-84(89)83(82-88)87-85(90)79-75-71-67-63-59-55-51-47-44-41-38-35-32-30-28-26-27-29-31-33-36-39-42-45-49-53-57-61-65-69-73-77-81-92-86(91)80-76-72-68-64-60-56-52-48-22-20-18-16-14-12-10-8-6-4-2/h14,16,20,22,83-84,88-89H,3-13,15,17-19,21,23-82H2,1-2H3,(H,87,90)/b16-14-,22-20-. The van der Waals surface area contributed by atoms with Crippen LogP contribution in [0.3, 0.4) is 0 Å². The van der Waals surface area contributed by atoms with Gasteiger partial charge in [-0.25, -0.2) is 0 Å². The van der Waals surface area contributed by atoms with Crippen LogP contribution in [0.2, 0.25) is 0 Å². The lowest BCUT2D eigenvalue weighted by molar-refractivity contribution is -0.143. The molecule has 0 aliphatic carbocycles. The molecule has 0 spiro atoms. The second-order valence-corrected chi connectivity index (χ2v) is 29.5. The van der Waals surface area contributed by atoms with Gasteiger partial charge < -0.3 is 20.3 Å². The summed E-state index contributed by atoms with van der Waals surface area (Å²) in [7, 11) is 0. The van der Waals surface area contributed by atoms with Crippen molar-refractivity contribution in [2.75, 3.05) is 13.2 Å². The largest absolute Gasteiger partial charge is 0.466 e. The fourth-order valence-electron chi connectivity index (χ4n) is 13.8. The van der Waals surface area contributed by atoms with Crippen LogP contribution in [0.15, 0.2) is 24.3 Å². The minimum absolute atomic E-state index is 0.0151. The third kappa shape index (κ3) is 77.3. The summed E-state index contributed by atoms with van der Waals surface area (Å²) < 4.78 is 5.51. The minimum Gasteiger partial charge on any atom is -0.466 e. The summed E-state index contributed by atoms with van der Waals surface area (Å²) in [5.74, 6) is -0.00894. The zero-order valence-electron chi connectivity index (χ0n) is 62.8. The van der Waals surface area contributed by atoms with Crippen LogP contribution in [-0.4, -0.2) is 47.4 Å². The Morgan fingerprint density at radius 3 is 0.837 bits per heavy atom. The smallest absolute Gasteiger partial charge is 0.305 e. The number of rotatable bonds is 81. The lowest BCUT2D eigenvalue weighted by atomic mass is 10.0. The average Bonchev–Trinajstić information content (AvgIpc) is 3.77. The van der Waals surface area contributed by atoms with Gasteiger partial charge in [-0.05, 0) is 57.8 Å². The van der Waals surface area contributed by atoms with Gasteiger partial charge in [0, 0.05) is 12.8 Å². The summed E-state index contributed by atoms with van der Waals surface area (Å²) in [4.78, 5) is 24.7. The quantitative estimate of drug-likeness (QED) is 0.0320. The molecule has 1 amide bonds. The van der Waals surface area contributed by atoms with Gasteiger partial charge in [0.05, 0.1) is 25.4 Å². The van der Waals surface area contributed by atoms with E-state index in [1.807, 2.05) is 0 Å². The number of carbonyl (C=O) groups excluding carboxylic acids is 2. The summed E-state index contributed by atoms with van der Waals surface area (Å²) in [5.41, 5.74) is 0. The summed E-state index contributed by atoms with van der Waals surface area (Å²) in [6.07, 6.45) is 106. The Morgan fingerprint density at radius 1 is 0.304 bits per heavy atom. The molecule has 0 radical (unpaired) electrons. The molecule has 0 saturated carbocycles. The van der Waals surface area contributed by atoms with E-state index >= 15 is 0 Å². The monoisotopic (exact) mass is 1290 g/mol. The third-order valence-electron chi connectivity index (χ3n) is 20.3. The van der Waals surface area contributed by atoms with Crippen LogP contribution >= 0.6 is 0 Å². The predicted octanol–water partition coefficient (Wildman–Crippen LogP) is 28.4. The number of nitrogens with one attached hydrogen (secondary N) is 1. The highest BCUT2D eigenvalue weighted by Gasteiger charge is 2.20. The van der Waals surface area contributed by atoms with E-state index in [2.05, 4.69) is 43.5 Å². The third-order valence-corrected chi connectivity index (χ3v) is 20.3. The van der Waals surface area contributed by atoms with E-state index in [0.29, 0.717) is 25.9 Å². The van der Waals surface area contributed by atoms with Crippen molar-refractivity contribution in [3.8, 4) is 0 Å². The van der Waals surface area contributed by atoms with Crippen LogP contribution in [0.1, 0.15) is 489 Å². The average molecular weight is 1300 g/mol. The molecule has 0 aliphatic rings. The van der Waals surface area contributed by atoms with Crippen molar-refractivity contribution in [3.05, 3.63) is 24.3 Å². The van der Waals surface area contributed by atoms with Gasteiger partial charge in [-0.1, -0.05) is 443 Å². The maximum absolute atomic E-state index is 12.6. The molecule has 2 unspecified atom stereocenters. The summed E-state index contributed by atoms with van der Waals surface area (Å²) in [5, 5.41) is 23.5. The number of hydrogen-bond acceptors (Lipinski definition) is 5. The molecule has 0 bridgehead atoms. The zero-order valence-corrected chi connectivity index (χ0v) is 62.8. The molecule has 0 fully saturated rings. The Morgan fingerprint density at radius 2 is 0.543 bits per heavy atom. The molecule has 92 heavy (non-hydrogen) atoms. The maximum atomic E-state index is 12.6. The number of esters is 1. The van der Waals surface area contributed by atoms with Gasteiger partial charge >= 0.3 is 5.97 Å². The molecule has 0 aromatic heterocycles. The molecular formula is C86H167NO5. The molecule has 0 aromatic rings. The summed E-state index contributed by atoms with van der Waals surface area (Å²) in [6, 6.07) is -0.539. The molecule has 2 atom stereocenters. The van der Waals surface area contributed by atoms with Crippen LogP contribution in [-0.2, 0) is 14.3 Å². The van der Waals surface area contributed by atoms with Crippen LogP contribution in [0.25, 0.3) is 0 Å². The SMILES string of the molecule is CCCCCC/C=C\C/C=C\CCCCCCCCCC(=O)OCCCCCCCCCCCCCCCCCCCCCCCCCCCCCCCCCCC(=O)NC(CO)C(O)CCCCCCCCCCCCCCCCCCCCCCCCCCC. The van der Waals surface area contributed by atoms with Crippen LogP contribution in [0, 0.1) is 0 Å². The summed E-state index contributed by atoms with van der Waals surface area (Å²) in [6.45, 7) is 4.99. The fraction of sp³-hybridized carbons (Fsp3) is 0.930. The van der Waals surface area contributed by atoms with Crippen molar-refractivity contribution in [2.24, 2.45) is 0 Å².